The van der Waals surface area contributed by atoms with E-state index in [1.54, 1.807) is 6.92 Å². The Kier molecular flexibility index (Phi) is 3.02. The first-order valence-corrected chi connectivity index (χ1v) is 6.20. The number of rotatable bonds is 1. The van der Waals surface area contributed by atoms with E-state index >= 15 is 0 Å². The molecule has 2 rings (SSSR count). The van der Waals surface area contributed by atoms with Crippen molar-refractivity contribution < 1.29 is 4.39 Å². The van der Waals surface area contributed by atoms with Crippen molar-refractivity contribution in [3.8, 4) is 0 Å². The molecule has 17 heavy (non-hydrogen) atoms. The summed E-state index contributed by atoms with van der Waals surface area (Å²) in [6.45, 7) is 8.33. The Hall–Kier alpha value is -1.25. The van der Waals surface area contributed by atoms with E-state index in [2.05, 4.69) is 18.7 Å². The molecular weight excluding hydrogens is 215 g/mol. The Morgan fingerprint density at radius 2 is 2.06 bits per heavy atom. The summed E-state index contributed by atoms with van der Waals surface area (Å²) in [5.41, 5.74) is 8.43. The lowest BCUT2D eigenvalue weighted by atomic mass is 9.84. The summed E-state index contributed by atoms with van der Waals surface area (Å²) in [7, 11) is 0. The average molecular weight is 236 g/mol. The number of hydrogen-bond acceptors (Lipinski definition) is 2. The molecule has 0 amide bonds. The molecule has 0 aromatic heterocycles. The third-order valence-corrected chi connectivity index (χ3v) is 3.55. The van der Waals surface area contributed by atoms with Gasteiger partial charge in [-0.2, -0.15) is 0 Å². The van der Waals surface area contributed by atoms with Gasteiger partial charge in [0.1, 0.15) is 5.82 Å². The summed E-state index contributed by atoms with van der Waals surface area (Å²) < 4.78 is 13.4. The van der Waals surface area contributed by atoms with Crippen molar-refractivity contribution in [2.75, 3.05) is 23.7 Å². The number of aryl methyl sites for hydroxylation is 1. The van der Waals surface area contributed by atoms with Gasteiger partial charge < -0.3 is 10.6 Å². The maximum atomic E-state index is 13.4. The number of halogens is 1. The molecule has 1 heterocycles. The minimum Gasteiger partial charge on any atom is -0.397 e. The largest absolute Gasteiger partial charge is 0.397 e. The third kappa shape index (κ3) is 2.54. The van der Waals surface area contributed by atoms with Crippen molar-refractivity contribution in [2.24, 2.45) is 5.41 Å². The van der Waals surface area contributed by atoms with E-state index in [1.807, 2.05) is 6.07 Å². The molecule has 0 radical (unpaired) electrons. The standard InChI is InChI=1S/C14H21FN2/c1-10-7-13(12(16)8-11(10)15)17-6-4-5-14(2,3)9-17/h7-8H,4-6,9,16H2,1-3H3. The minimum atomic E-state index is -0.220. The van der Waals surface area contributed by atoms with E-state index in [4.69, 9.17) is 5.73 Å². The summed E-state index contributed by atoms with van der Waals surface area (Å²) in [4.78, 5) is 2.28. The molecule has 0 bridgehead atoms. The van der Waals surface area contributed by atoms with Crippen LogP contribution < -0.4 is 10.6 Å². The number of benzene rings is 1. The SMILES string of the molecule is Cc1cc(N2CCCC(C)(C)C2)c(N)cc1F. The first-order valence-electron chi connectivity index (χ1n) is 6.20. The van der Waals surface area contributed by atoms with Crippen LogP contribution in [0.2, 0.25) is 0 Å². The van der Waals surface area contributed by atoms with Crippen molar-refractivity contribution in [2.45, 2.75) is 33.6 Å². The van der Waals surface area contributed by atoms with Crippen LogP contribution in [0.1, 0.15) is 32.3 Å². The highest BCUT2D eigenvalue weighted by Crippen LogP contribution is 2.34. The molecule has 1 aromatic rings. The second kappa shape index (κ2) is 4.21. The predicted molar refractivity (Wildman–Crippen MR) is 70.8 cm³/mol. The van der Waals surface area contributed by atoms with Crippen molar-refractivity contribution in [3.05, 3.63) is 23.5 Å². The van der Waals surface area contributed by atoms with Crippen LogP contribution in [0.5, 0.6) is 0 Å². The molecule has 94 valence electrons. The normalized spacial score (nSPS) is 19.4. The minimum absolute atomic E-state index is 0.220. The lowest BCUT2D eigenvalue weighted by molar-refractivity contribution is 0.293. The fourth-order valence-corrected chi connectivity index (χ4v) is 2.58. The van der Waals surface area contributed by atoms with Crippen LogP contribution in [0.4, 0.5) is 15.8 Å². The van der Waals surface area contributed by atoms with E-state index in [1.165, 1.54) is 18.9 Å². The molecule has 0 atom stereocenters. The Labute approximate surface area is 103 Å². The molecule has 1 aliphatic rings. The second-order valence-electron chi connectivity index (χ2n) is 5.85. The zero-order chi connectivity index (χ0) is 12.6. The predicted octanol–water partition coefficient (Wildman–Crippen LogP) is 3.34. The van der Waals surface area contributed by atoms with Crippen LogP contribution in [0, 0.1) is 18.2 Å². The molecule has 2 N–H and O–H groups in total. The summed E-state index contributed by atoms with van der Waals surface area (Å²) >= 11 is 0. The second-order valence-corrected chi connectivity index (χ2v) is 5.85. The Balaban J connectivity index is 2.31. The highest BCUT2D eigenvalue weighted by Gasteiger charge is 2.27. The summed E-state index contributed by atoms with van der Waals surface area (Å²) in [6.07, 6.45) is 2.41. The van der Waals surface area contributed by atoms with Gasteiger partial charge in [0, 0.05) is 13.1 Å². The van der Waals surface area contributed by atoms with Gasteiger partial charge in [0.15, 0.2) is 0 Å². The van der Waals surface area contributed by atoms with Crippen LogP contribution in [0.3, 0.4) is 0 Å². The third-order valence-electron chi connectivity index (χ3n) is 3.55. The molecule has 1 aromatic carbocycles. The van der Waals surface area contributed by atoms with Crippen LogP contribution in [-0.2, 0) is 0 Å². The molecule has 0 aliphatic carbocycles. The van der Waals surface area contributed by atoms with E-state index in [0.717, 1.165) is 18.8 Å². The van der Waals surface area contributed by atoms with E-state index in [9.17, 15) is 4.39 Å². The maximum Gasteiger partial charge on any atom is 0.128 e. The smallest absolute Gasteiger partial charge is 0.128 e. The fourth-order valence-electron chi connectivity index (χ4n) is 2.58. The van der Waals surface area contributed by atoms with Gasteiger partial charge in [0.25, 0.3) is 0 Å². The number of nitrogen functional groups attached to an aromatic ring is 1. The van der Waals surface area contributed by atoms with Crippen LogP contribution >= 0.6 is 0 Å². The van der Waals surface area contributed by atoms with Gasteiger partial charge in [-0.3, -0.25) is 0 Å². The molecule has 0 unspecified atom stereocenters. The Morgan fingerprint density at radius 1 is 1.35 bits per heavy atom. The summed E-state index contributed by atoms with van der Waals surface area (Å²) in [5.74, 6) is -0.220. The first kappa shape index (κ1) is 12.2. The fraction of sp³-hybridized carbons (Fsp3) is 0.571. The van der Waals surface area contributed by atoms with Crippen LogP contribution in [-0.4, -0.2) is 13.1 Å². The van der Waals surface area contributed by atoms with Crippen molar-refractivity contribution in [1.29, 1.82) is 0 Å². The highest BCUT2D eigenvalue weighted by atomic mass is 19.1. The van der Waals surface area contributed by atoms with Gasteiger partial charge in [-0.05, 0) is 42.9 Å². The summed E-state index contributed by atoms with van der Waals surface area (Å²) in [5, 5.41) is 0. The van der Waals surface area contributed by atoms with Gasteiger partial charge in [-0.15, -0.1) is 0 Å². The number of anilines is 2. The molecule has 0 spiro atoms. The lowest BCUT2D eigenvalue weighted by Crippen LogP contribution is -2.40. The maximum absolute atomic E-state index is 13.4. The van der Waals surface area contributed by atoms with Crippen molar-refractivity contribution >= 4 is 11.4 Å². The van der Waals surface area contributed by atoms with E-state index in [0.29, 0.717) is 16.7 Å². The number of piperidine rings is 1. The number of nitrogens with zero attached hydrogens (tertiary/aromatic N) is 1. The van der Waals surface area contributed by atoms with Gasteiger partial charge >= 0.3 is 0 Å². The molecule has 0 saturated carbocycles. The average Bonchev–Trinajstić information content (AvgIpc) is 2.22. The van der Waals surface area contributed by atoms with Crippen molar-refractivity contribution in [3.63, 3.8) is 0 Å². The summed E-state index contributed by atoms with van der Waals surface area (Å²) in [6, 6.07) is 3.30. The first-order chi connectivity index (χ1) is 7.89. The molecule has 2 nitrogen and oxygen atoms in total. The topological polar surface area (TPSA) is 29.3 Å². The zero-order valence-corrected chi connectivity index (χ0v) is 10.9. The molecular formula is C14H21FN2. The monoisotopic (exact) mass is 236 g/mol. The van der Waals surface area contributed by atoms with Gasteiger partial charge in [-0.25, -0.2) is 4.39 Å². The molecule has 1 fully saturated rings. The highest BCUT2D eigenvalue weighted by molar-refractivity contribution is 5.69. The molecule has 3 heteroatoms. The van der Waals surface area contributed by atoms with Crippen LogP contribution in [0.25, 0.3) is 0 Å². The molecule has 1 aliphatic heterocycles. The number of nitrogens with two attached hydrogens (primary N) is 1. The van der Waals surface area contributed by atoms with E-state index in [-0.39, 0.29) is 5.82 Å². The Bertz CT molecular complexity index is 426. The van der Waals surface area contributed by atoms with Crippen LogP contribution in [0.15, 0.2) is 12.1 Å². The molecule has 1 saturated heterocycles. The van der Waals surface area contributed by atoms with Crippen molar-refractivity contribution in [1.82, 2.24) is 0 Å². The van der Waals surface area contributed by atoms with Gasteiger partial charge in [0.2, 0.25) is 0 Å². The van der Waals surface area contributed by atoms with Gasteiger partial charge in [0.05, 0.1) is 11.4 Å². The zero-order valence-electron chi connectivity index (χ0n) is 10.9. The lowest BCUT2D eigenvalue weighted by Gasteiger charge is -2.40. The number of hydrogen-bond donors (Lipinski definition) is 1. The van der Waals surface area contributed by atoms with Gasteiger partial charge in [-0.1, -0.05) is 13.8 Å². The van der Waals surface area contributed by atoms with E-state index < -0.39 is 0 Å². The quantitative estimate of drug-likeness (QED) is 0.758. The Morgan fingerprint density at radius 3 is 2.71 bits per heavy atom.